The van der Waals surface area contributed by atoms with Crippen molar-refractivity contribution in [2.45, 2.75) is 12.8 Å². The second-order valence-electron chi connectivity index (χ2n) is 4.49. The van der Waals surface area contributed by atoms with Crippen LogP contribution < -0.4 is 9.47 Å². The van der Waals surface area contributed by atoms with Crippen molar-refractivity contribution in [3.63, 3.8) is 0 Å². The van der Waals surface area contributed by atoms with Gasteiger partial charge >= 0.3 is 11.9 Å². The molecule has 6 heteroatoms. The maximum Gasteiger partial charge on any atom is 0.331 e. The fourth-order valence-corrected chi connectivity index (χ4v) is 1.43. The fraction of sp³-hybridized carbons (Fsp3) is 0.250. The van der Waals surface area contributed by atoms with Gasteiger partial charge in [-0.15, -0.1) is 0 Å². The Kier molecular flexibility index (Phi) is 6.69. The number of carbonyl (C=O) groups is 2. The largest absolute Gasteiger partial charge is 0.493 e. The molecule has 0 aliphatic rings. The lowest BCUT2D eigenvalue weighted by atomic mass is 10.2. The molecule has 0 heterocycles. The number of hydrogen-bond donors (Lipinski definition) is 2. The Morgan fingerprint density at radius 1 is 0.818 bits per heavy atom. The summed E-state index contributed by atoms with van der Waals surface area (Å²) >= 11 is 0. The van der Waals surface area contributed by atoms with Crippen molar-refractivity contribution in [2.75, 3.05) is 13.2 Å². The summed E-state index contributed by atoms with van der Waals surface area (Å²) in [5.74, 6) is -0.897. The molecule has 1 aromatic carbocycles. The van der Waals surface area contributed by atoms with E-state index in [1.807, 2.05) is 0 Å². The molecule has 0 aromatic heterocycles. The monoisotopic (exact) mass is 306 g/mol. The summed E-state index contributed by atoms with van der Waals surface area (Å²) in [5.41, 5.74) is 0.192. The zero-order valence-corrected chi connectivity index (χ0v) is 12.1. The van der Waals surface area contributed by atoms with Crippen molar-refractivity contribution >= 4 is 11.9 Å². The molecule has 0 atom stereocenters. The minimum absolute atomic E-state index is 0.0959. The Morgan fingerprint density at radius 2 is 1.14 bits per heavy atom. The highest BCUT2D eigenvalue weighted by Crippen LogP contribution is 2.18. The molecule has 1 aromatic rings. The third-order valence-corrected chi connectivity index (χ3v) is 2.77. The van der Waals surface area contributed by atoms with Crippen LogP contribution in [0.25, 0.3) is 0 Å². The third-order valence-electron chi connectivity index (χ3n) is 2.77. The first-order chi connectivity index (χ1) is 10.4. The summed E-state index contributed by atoms with van der Waals surface area (Å²) in [6, 6.07) is 6.74. The highest BCUT2D eigenvalue weighted by molar-refractivity contribution is 5.86. The van der Waals surface area contributed by atoms with Crippen molar-refractivity contribution < 1.29 is 29.3 Å². The van der Waals surface area contributed by atoms with Gasteiger partial charge in [0.2, 0.25) is 0 Å². The van der Waals surface area contributed by atoms with Gasteiger partial charge in [0.05, 0.1) is 13.2 Å². The topological polar surface area (TPSA) is 93.1 Å². The average Bonchev–Trinajstić information content (AvgIpc) is 2.48. The predicted octanol–water partition coefficient (Wildman–Crippen LogP) is 2.51. The van der Waals surface area contributed by atoms with E-state index in [0.717, 1.165) is 0 Å². The van der Waals surface area contributed by atoms with Gasteiger partial charge in [0.1, 0.15) is 11.5 Å². The minimum atomic E-state index is -1.03. The second-order valence-corrected chi connectivity index (χ2v) is 4.49. The molecule has 0 spiro atoms. The summed E-state index contributed by atoms with van der Waals surface area (Å²) in [7, 11) is 0. The van der Waals surface area contributed by atoms with Gasteiger partial charge < -0.3 is 19.7 Å². The van der Waals surface area contributed by atoms with Gasteiger partial charge in [-0.2, -0.15) is 0 Å². The molecule has 6 nitrogen and oxygen atoms in total. The van der Waals surface area contributed by atoms with Crippen molar-refractivity contribution in [3.05, 3.63) is 48.6 Å². The molecular weight excluding hydrogens is 288 g/mol. The molecule has 0 saturated heterocycles. The molecule has 1 rings (SSSR count). The molecule has 0 bridgehead atoms. The molecule has 2 N–H and O–H groups in total. The standard InChI is InChI=1S/C16H18O6/c1-11(15(17)18)7-9-21-13-3-5-14(6-4-13)22-10-8-12(2)16(19)20/h3-6H,1-2,7-10H2,(H,17,18)(H,19,20). The summed E-state index contributed by atoms with van der Waals surface area (Å²) in [6.45, 7) is 7.27. The van der Waals surface area contributed by atoms with Crippen LogP contribution in [0.1, 0.15) is 12.8 Å². The van der Waals surface area contributed by atoms with E-state index < -0.39 is 11.9 Å². The highest BCUT2D eigenvalue weighted by atomic mass is 16.5. The van der Waals surface area contributed by atoms with E-state index in [4.69, 9.17) is 19.7 Å². The second kappa shape index (κ2) is 8.51. The van der Waals surface area contributed by atoms with Gasteiger partial charge in [-0.05, 0) is 24.3 Å². The average molecular weight is 306 g/mol. The molecule has 0 amide bonds. The maximum absolute atomic E-state index is 10.6. The van der Waals surface area contributed by atoms with Crippen LogP contribution in [0.15, 0.2) is 48.6 Å². The van der Waals surface area contributed by atoms with E-state index >= 15 is 0 Å². The molecule has 0 saturated carbocycles. The van der Waals surface area contributed by atoms with Crippen LogP contribution in [-0.4, -0.2) is 35.4 Å². The molecule has 22 heavy (non-hydrogen) atoms. The number of carboxylic acid groups (broad SMARTS) is 2. The van der Waals surface area contributed by atoms with E-state index in [2.05, 4.69) is 13.2 Å². The summed E-state index contributed by atoms with van der Waals surface area (Å²) in [4.78, 5) is 21.1. The molecule has 0 aliphatic heterocycles. The fourth-order valence-electron chi connectivity index (χ4n) is 1.43. The van der Waals surface area contributed by atoms with E-state index in [1.165, 1.54) is 0 Å². The van der Waals surface area contributed by atoms with Gasteiger partial charge in [-0.25, -0.2) is 9.59 Å². The molecule has 0 unspecified atom stereocenters. The van der Waals surface area contributed by atoms with Crippen molar-refractivity contribution in [2.24, 2.45) is 0 Å². The summed E-state index contributed by atoms with van der Waals surface area (Å²) in [5, 5.41) is 17.3. The SMILES string of the molecule is C=C(CCOc1ccc(OCCC(=C)C(=O)O)cc1)C(=O)O. The summed E-state index contributed by atoms with van der Waals surface area (Å²) < 4.78 is 10.8. The number of carboxylic acids is 2. The lowest BCUT2D eigenvalue weighted by Crippen LogP contribution is -2.06. The molecule has 0 fully saturated rings. The zero-order valence-electron chi connectivity index (χ0n) is 12.1. The summed E-state index contributed by atoms with van der Waals surface area (Å²) in [6.07, 6.45) is 0.482. The molecular formula is C16H18O6. The van der Waals surface area contributed by atoms with E-state index in [-0.39, 0.29) is 37.2 Å². The molecule has 0 aliphatic carbocycles. The van der Waals surface area contributed by atoms with Crippen LogP contribution in [0.2, 0.25) is 0 Å². The Morgan fingerprint density at radius 3 is 1.41 bits per heavy atom. The molecule has 118 valence electrons. The van der Waals surface area contributed by atoms with Gasteiger partial charge in [0.25, 0.3) is 0 Å². The van der Waals surface area contributed by atoms with E-state index in [0.29, 0.717) is 11.5 Å². The third kappa shape index (κ3) is 6.13. The highest BCUT2D eigenvalue weighted by Gasteiger charge is 2.05. The Hall–Kier alpha value is -2.76. The Balaban J connectivity index is 2.34. The number of aliphatic carboxylic acids is 2. The van der Waals surface area contributed by atoms with Crippen LogP contribution in [0.5, 0.6) is 11.5 Å². The van der Waals surface area contributed by atoms with Crippen molar-refractivity contribution in [1.82, 2.24) is 0 Å². The maximum atomic E-state index is 10.6. The van der Waals surface area contributed by atoms with Crippen LogP contribution in [0.4, 0.5) is 0 Å². The smallest absolute Gasteiger partial charge is 0.331 e. The van der Waals surface area contributed by atoms with Crippen LogP contribution in [0.3, 0.4) is 0 Å². The van der Waals surface area contributed by atoms with Crippen LogP contribution >= 0.6 is 0 Å². The first kappa shape index (κ1) is 17.3. The van der Waals surface area contributed by atoms with Gasteiger partial charge in [0, 0.05) is 24.0 Å². The first-order valence-electron chi connectivity index (χ1n) is 6.58. The van der Waals surface area contributed by atoms with Crippen LogP contribution in [0, 0.1) is 0 Å². The number of hydrogen-bond acceptors (Lipinski definition) is 4. The number of rotatable bonds is 10. The van der Waals surface area contributed by atoms with Crippen molar-refractivity contribution in [1.29, 1.82) is 0 Å². The molecule has 0 radical (unpaired) electrons. The lowest BCUT2D eigenvalue weighted by Gasteiger charge is -2.09. The number of benzene rings is 1. The Labute approximate surface area is 128 Å². The van der Waals surface area contributed by atoms with Gasteiger partial charge in [0.15, 0.2) is 0 Å². The van der Waals surface area contributed by atoms with Crippen molar-refractivity contribution in [3.8, 4) is 11.5 Å². The van der Waals surface area contributed by atoms with E-state index in [9.17, 15) is 9.59 Å². The Bertz CT molecular complexity index is 508. The predicted molar refractivity (Wildman–Crippen MR) is 80.2 cm³/mol. The number of ether oxygens (including phenoxy) is 2. The zero-order chi connectivity index (χ0) is 16.5. The normalized spacial score (nSPS) is 9.82. The van der Waals surface area contributed by atoms with Gasteiger partial charge in [-0.3, -0.25) is 0 Å². The first-order valence-corrected chi connectivity index (χ1v) is 6.58. The quantitative estimate of drug-likeness (QED) is 0.645. The van der Waals surface area contributed by atoms with Crippen LogP contribution in [-0.2, 0) is 9.59 Å². The lowest BCUT2D eigenvalue weighted by molar-refractivity contribution is -0.133. The minimum Gasteiger partial charge on any atom is -0.493 e. The van der Waals surface area contributed by atoms with Gasteiger partial charge in [-0.1, -0.05) is 13.2 Å². The van der Waals surface area contributed by atoms with E-state index in [1.54, 1.807) is 24.3 Å².